The molecule has 5 heterocycles. The second kappa shape index (κ2) is 7.63. The largest absolute Gasteiger partial charge is 0.341 e. The third kappa shape index (κ3) is 3.53. The van der Waals surface area contributed by atoms with Crippen molar-refractivity contribution in [2.24, 2.45) is 14.1 Å². The van der Waals surface area contributed by atoms with Crippen LogP contribution in [0.2, 0.25) is 0 Å². The van der Waals surface area contributed by atoms with Gasteiger partial charge in [-0.05, 0) is 37.1 Å². The van der Waals surface area contributed by atoms with Crippen molar-refractivity contribution in [3.63, 3.8) is 0 Å². The topological polar surface area (TPSA) is 98.7 Å². The van der Waals surface area contributed by atoms with Crippen molar-refractivity contribution >= 4 is 17.5 Å². The van der Waals surface area contributed by atoms with Crippen LogP contribution in [0, 0.1) is 6.92 Å². The van der Waals surface area contributed by atoms with Crippen LogP contribution in [0.4, 0.5) is 11.6 Å². The monoisotopic (exact) mass is 431 g/mol. The third-order valence-electron chi connectivity index (χ3n) is 5.84. The van der Waals surface area contributed by atoms with Crippen molar-refractivity contribution < 1.29 is 4.79 Å². The molecule has 0 aromatic carbocycles. The van der Waals surface area contributed by atoms with E-state index in [-0.39, 0.29) is 11.9 Å². The standard InChI is InChI=1S/C22H25N9O/c1-14-9-23-20(25-21-5-6-24-29(21)4)8-18(14)16-7-19-22(32)31(15(2)10-30(19)11-16)13-17-12-28(3)27-26-17/h5-9,11-12,15H,10,13H2,1-4H3,(H,23,25)/t15-/m0/s1. The van der Waals surface area contributed by atoms with Gasteiger partial charge in [0.1, 0.15) is 23.0 Å². The van der Waals surface area contributed by atoms with E-state index in [1.54, 1.807) is 15.6 Å². The van der Waals surface area contributed by atoms with Crippen LogP contribution in [0.25, 0.3) is 11.1 Å². The normalized spacial score (nSPS) is 15.8. The van der Waals surface area contributed by atoms with Crippen LogP contribution in [0.5, 0.6) is 0 Å². The van der Waals surface area contributed by atoms with E-state index in [1.165, 1.54) is 0 Å². The minimum Gasteiger partial charge on any atom is -0.341 e. The molecule has 1 aliphatic heterocycles. The predicted octanol–water partition coefficient (Wildman–Crippen LogP) is 2.51. The lowest BCUT2D eigenvalue weighted by Crippen LogP contribution is -2.45. The third-order valence-corrected chi connectivity index (χ3v) is 5.84. The van der Waals surface area contributed by atoms with Crippen molar-refractivity contribution in [3.8, 4) is 11.1 Å². The molecule has 0 spiro atoms. The number of hydrogen-bond acceptors (Lipinski definition) is 6. The molecule has 164 valence electrons. The smallest absolute Gasteiger partial charge is 0.271 e. The molecule has 10 nitrogen and oxygen atoms in total. The Labute approximate surface area is 185 Å². The zero-order valence-corrected chi connectivity index (χ0v) is 18.5. The summed E-state index contributed by atoms with van der Waals surface area (Å²) < 4.78 is 5.45. The highest BCUT2D eigenvalue weighted by atomic mass is 16.2. The lowest BCUT2D eigenvalue weighted by molar-refractivity contribution is 0.0593. The Balaban J connectivity index is 1.44. The molecule has 0 unspecified atom stereocenters. The highest BCUT2D eigenvalue weighted by molar-refractivity contribution is 5.95. The number of carbonyl (C=O) groups is 1. The van der Waals surface area contributed by atoms with Crippen LogP contribution in [-0.2, 0) is 27.2 Å². The molecule has 1 aliphatic rings. The van der Waals surface area contributed by atoms with Gasteiger partial charge in [-0.15, -0.1) is 5.10 Å². The molecule has 10 heteroatoms. The lowest BCUT2D eigenvalue weighted by Gasteiger charge is -2.33. The second-order valence-electron chi connectivity index (χ2n) is 8.28. The van der Waals surface area contributed by atoms with Crippen LogP contribution >= 0.6 is 0 Å². The van der Waals surface area contributed by atoms with Gasteiger partial charge in [0.05, 0.1) is 12.7 Å². The van der Waals surface area contributed by atoms with E-state index < -0.39 is 0 Å². The number of rotatable bonds is 5. The van der Waals surface area contributed by atoms with Crippen LogP contribution < -0.4 is 5.32 Å². The average molecular weight is 432 g/mol. The first-order valence-electron chi connectivity index (χ1n) is 10.5. The lowest BCUT2D eigenvalue weighted by atomic mass is 10.0. The molecular weight excluding hydrogens is 406 g/mol. The van der Waals surface area contributed by atoms with Gasteiger partial charge in [-0.25, -0.2) is 4.98 Å². The summed E-state index contributed by atoms with van der Waals surface area (Å²) in [5.41, 5.74) is 4.53. The summed E-state index contributed by atoms with van der Waals surface area (Å²) >= 11 is 0. The molecule has 0 radical (unpaired) electrons. The molecule has 1 N–H and O–H groups in total. The molecule has 0 fully saturated rings. The SMILES string of the molecule is Cc1cnc(Nc2ccnn2C)cc1-c1cc2n(c1)C[C@H](C)N(Cc1cn(C)nn1)C2=O. The van der Waals surface area contributed by atoms with E-state index in [1.807, 2.05) is 61.1 Å². The van der Waals surface area contributed by atoms with Gasteiger partial charge in [-0.3, -0.25) is 14.2 Å². The van der Waals surface area contributed by atoms with Gasteiger partial charge in [-0.1, -0.05) is 5.21 Å². The maximum absolute atomic E-state index is 13.3. The minimum atomic E-state index is 0.000551. The van der Waals surface area contributed by atoms with Gasteiger partial charge in [0.25, 0.3) is 5.91 Å². The predicted molar refractivity (Wildman–Crippen MR) is 119 cm³/mol. The van der Waals surface area contributed by atoms with E-state index >= 15 is 0 Å². The summed E-state index contributed by atoms with van der Waals surface area (Å²) in [7, 11) is 3.70. The van der Waals surface area contributed by atoms with E-state index in [9.17, 15) is 4.79 Å². The van der Waals surface area contributed by atoms with Gasteiger partial charge < -0.3 is 14.8 Å². The molecule has 0 bridgehead atoms. The van der Waals surface area contributed by atoms with E-state index in [0.29, 0.717) is 12.2 Å². The summed E-state index contributed by atoms with van der Waals surface area (Å²) in [6.45, 7) is 5.26. The number of nitrogens with zero attached hydrogens (tertiary/aromatic N) is 8. The number of amides is 1. The van der Waals surface area contributed by atoms with Crippen molar-refractivity contribution in [3.05, 3.63) is 59.9 Å². The molecular formula is C22H25N9O. The van der Waals surface area contributed by atoms with Gasteiger partial charge in [0.2, 0.25) is 0 Å². The number of fused-ring (bicyclic) bond motifs is 1. The Hall–Kier alpha value is -3.95. The van der Waals surface area contributed by atoms with E-state index in [0.717, 1.165) is 40.6 Å². The number of anilines is 2. The Morgan fingerprint density at radius 3 is 2.78 bits per heavy atom. The van der Waals surface area contributed by atoms with E-state index in [2.05, 4.69) is 38.8 Å². The highest BCUT2D eigenvalue weighted by Gasteiger charge is 2.31. The van der Waals surface area contributed by atoms with Gasteiger partial charge in [0, 0.05) is 56.9 Å². The van der Waals surface area contributed by atoms with Gasteiger partial charge in [-0.2, -0.15) is 5.10 Å². The zero-order chi connectivity index (χ0) is 22.4. The number of carbonyl (C=O) groups excluding carboxylic acids is 1. The molecule has 32 heavy (non-hydrogen) atoms. The number of aromatic nitrogens is 7. The first-order valence-corrected chi connectivity index (χ1v) is 10.5. The molecule has 4 aromatic rings. The Bertz CT molecular complexity index is 1300. The highest BCUT2D eigenvalue weighted by Crippen LogP contribution is 2.31. The number of nitrogens with one attached hydrogen (secondary N) is 1. The first-order chi connectivity index (χ1) is 15.4. The molecule has 0 saturated carbocycles. The fourth-order valence-corrected chi connectivity index (χ4v) is 4.12. The minimum absolute atomic E-state index is 0.000551. The summed E-state index contributed by atoms with van der Waals surface area (Å²) in [6, 6.07) is 5.92. The fourth-order valence-electron chi connectivity index (χ4n) is 4.12. The number of pyridine rings is 1. The Morgan fingerprint density at radius 1 is 1.22 bits per heavy atom. The Morgan fingerprint density at radius 2 is 2.06 bits per heavy atom. The summed E-state index contributed by atoms with van der Waals surface area (Å²) in [6.07, 6.45) is 7.48. The van der Waals surface area contributed by atoms with Crippen molar-refractivity contribution in [2.45, 2.75) is 33.0 Å². The van der Waals surface area contributed by atoms with Crippen LogP contribution in [0.15, 0.2) is 43.0 Å². The van der Waals surface area contributed by atoms with Crippen molar-refractivity contribution in [1.29, 1.82) is 0 Å². The maximum atomic E-state index is 13.3. The molecule has 4 aromatic heterocycles. The number of hydrogen-bond donors (Lipinski definition) is 1. The molecule has 5 rings (SSSR count). The molecule has 0 saturated heterocycles. The quantitative estimate of drug-likeness (QED) is 0.521. The first kappa shape index (κ1) is 20.0. The second-order valence-corrected chi connectivity index (χ2v) is 8.28. The Kier molecular flexibility index (Phi) is 4.76. The van der Waals surface area contributed by atoms with Crippen molar-refractivity contribution in [2.75, 3.05) is 5.32 Å². The van der Waals surface area contributed by atoms with Gasteiger partial charge in [0.15, 0.2) is 0 Å². The summed E-state index contributed by atoms with van der Waals surface area (Å²) in [5.74, 6) is 1.58. The van der Waals surface area contributed by atoms with Crippen LogP contribution in [0.3, 0.4) is 0 Å². The molecule has 0 aliphatic carbocycles. The van der Waals surface area contributed by atoms with Gasteiger partial charge >= 0.3 is 0 Å². The summed E-state index contributed by atoms with van der Waals surface area (Å²) in [4.78, 5) is 19.7. The molecule has 1 atom stereocenters. The van der Waals surface area contributed by atoms with Crippen LogP contribution in [-0.4, -0.2) is 51.2 Å². The number of aryl methyl sites for hydroxylation is 3. The van der Waals surface area contributed by atoms with Crippen molar-refractivity contribution in [1.82, 2.24) is 39.2 Å². The average Bonchev–Trinajstić information content (AvgIpc) is 3.47. The summed E-state index contributed by atoms with van der Waals surface area (Å²) in [5, 5.41) is 15.6. The molecule has 1 amide bonds. The zero-order valence-electron chi connectivity index (χ0n) is 18.5. The maximum Gasteiger partial charge on any atom is 0.271 e. The fraction of sp³-hybridized carbons (Fsp3) is 0.318. The van der Waals surface area contributed by atoms with Crippen LogP contribution in [0.1, 0.15) is 28.7 Å². The van der Waals surface area contributed by atoms with E-state index in [4.69, 9.17) is 0 Å².